The van der Waals surface area contributed by atoms with Crippen LogP contribution in [0.4, 0.5) is 0 Å². The zero-order chi connectivity index (χ0) is 21.1. The van der Waals surface area contributed by atoms with Gasteiger partial charge in [-0.15, -0.1) is 0 Å². The van der Waals surface area contributed by atoms with E-state index < -0.39 is 0 Å². The van der Waals surface area contributed by atoms with Gasteiger partial charge in [-0.2, -0.15) is 0 Å². The molecule has 0 unspecified atom stereocenters. The quantitative estimate of drug-likeness (QED) is 0.486. The smallest absolute Gasteiger partial charge is 0.240 e. The van der Waals surface area contributed by atoms with E-state index in [1.54, 1.807) is 14.2 Å². The second-order valence-corrected chi connectivity index (χ2v) is 7.23. The number of carbonyl (C=O) groups is 1. The van der Waals surface area contributed by atoms with E-state index >= 15 is 0 Å². The minimum Gasteiger partial charge on any atom is -0.496 e. The Bertz CT molecular complexity index is 1180. The molecule has 0 saturated heterocycles. The Balaban J connectivity index is 1.54. The number of amides is 1. The highest BCUT2D eigenvalue weighted by Gasteiger charge is 2.19. The molecule has 0 aliphatic heterocycles. The molecule has 2 aromatic carbocycles. The van der Waals surface area contributed by atoms with E-state index in [2.05, 4.69) is 9.88 Å². The lowest BCUT2D eigenvalue weighted by Gasteiger charge is -2.17. The summed E-state index contributed by atoms with van der Waals surface area (Å²) in [6.45, 7) is 3.43. The molecule has 0 aliphatic carbocycles. The van der Waals surface area contributed by atoms with E-state index in [4.69, 9.17) is 14.5 Å². The van der Waals surface area contributed by atoms with Crippen molar-refractivity contribution >= 4 is 27.8 Å². The molecular weight excluding hydrogens is 380 g/mol. The minimum absolute atomic E-state index is 0.0758. The lowest BCUT2D eigenvalue weighted by Crippen LogP contribution is -2.31. The Hall–Kier alpha value is -3.32. The molecule has 0 spiro atoms. The number of para-hydroxylation sites is 2. The van der Waals surface area contributed by atoms with E-state index in [1.165, 1.54) is 0 Å². The van der Waals surface area contributed by atoms with Crippen LogP contribution in [-0.2, 0) is 22.6 Å². The Labute approximate surface area is 175 Å². The maximum Gasteiger partial charge on any atom is 0.240 e. The monoisotopic (exact) mass is 406 g/mol. The van der Waals surface area contributed by atoms with Crippen LogP contribution in [0.15, 0.2) is 54.7 Å². The predicted molar refractivity (Wildman–Crippen MR) is 117 cm³/mol. The molecule has 0 radical (unpaired) electrons. The topological polar surface area (TPSA) is 70.3 Å². The fourth-order valence-corrected chi connectivity index (χ4v) is 3.86. The molecule has 2 heterocycles. The molecule has 1 amide bonds. The van der Waals surface area contributed by atoms with Crippen molar-refractivity contribution in [2.75, 3.05) is 20.8 Å². The van der Waals surface area contributed by atoms with Gasteiger partial charge < -0.3 is 23.9 Å². The number of hydrogen-bond donors (Lipinski definition) is 1. The van der Waals surface area contributed by atoms with Crippen LogP contribution in [0, 0.1) is 0 Å². The third-order valence-corrected chi connectivity index (χ3v) is 5.28. The molecule has 4 rings (SSSR count). The van der Waals surface area contributed by atoms with Gasteiger partial charge in [0.1, 0.15) is 18.1 Å². The zero-order valence-electron chi connectivity index (χ0n) is 17.5. The first-order chi connectivity index (χ1) is 14.6. The van der Waals surface area contributed by atoms with Crippen LogP contribution >= 0.6 is 0 Å². The fourth-order valence-electron chi connectivity index (χ4n) is 3.86. The summed E-state index contributed by atoms with van der Waals surface area (Å²) in [6, 6.07) is 15.5. The summed E-state index contributed by atoms with van der Waals surface area (Å²) in [6.07, 6.45) is 1.91. The predicted octanol–water partition coefficient (Wildman–Crippen LogP) is 3.52. The zero-order valence-corrected chi connectivity index (χ0v) is 17.5. The Morgan fingerprint density at radius 3 is 2.70 bits per heavy atom. The number of hydrogen-bond acceptors (Lipinski definition) is 4. The summed E-state index contributed by atoms with van der Waals surface area (Å²) >= 11 is 0. The van der Waals surface area contributed by atoms with Crippen LogP contribution in [0.1, 0.15) is 18.8 Å². The van der Waals surface area contributed by atoms with Crippen LogP contribution in [0.3, 0.4) is 0 Å². The molecule has 4 aromatic rings. The number of methoxy groups -OCH3 is 2. The average molecular weight is 406 g/mol. The first-order valence-electron chi connectivity index (χ1n) is 9.97. The van der Waals surface area contributed by atoms with Gasteiger partial charge in [0, 0.05) is 25.2 Å². The van der Waals surface area contributed by atoms with Crippen molar-refractivity contribution in [2.45, 2.75) is 26.1 Å². The van der Waals surface area contributed by atoms with Crippen molar-refractivity contribution in [1.29, 1.82) is 0 Å². The first-order valence-corrected chi connectivity index (χ1v) is 9.97. The summed E-state index contributed by atoms with van der Waals surface area (Å²) < 4.78 is 14.7. The first kappa shape index (κ1) is 20.0. The van der Waals surface area contributed by atoms with Crippen molar-refractivity contribution in [2.24, 2.45) is 0 Å². The van der Waals surface area contributed by atoms with E-state index in [0.717, 1.165) is 33.5 Å². The van der Waals surface area contributed by atoms with Crippen LogP contribution in [-0.4, -0.2) is 40.9 Å². The number of rotatable bonds is 8. The lowest BCUT2D eigenvalue weighted by atomic mass is 10.2. The summed E-state index contributed by atoms with van der Waals surface area (Å²) in [5.41, 5.74) is 2.91. The molecule has 0 fully saturated rings. The van der Waals surface area contributed by atoms with E-state index in [-0.39, 0.29) is 18.5 Å². The summed E-state index contributed by atoms with van der Waals surface area (Å²) in [7, 11) is 3.33. The maximum atomic E-state index is 12.8. The van der Waals surface area contributed by atoms with Gasteiger partial charge in [0.25, 0.3) is 0 Å². The SMILES string of the molecule is COCCn1c([C@H](C)NC(=O)Cn2ccc3c(OC)cccc32)nc2ccccc21. The van der Waals surface area contributed by atoms with Gasteiger partial charge in [-0.05, 0) is 37.3 Å². The Morgan fingerprint density at radius 1 is 1.10 bits per heavy atom. The molecule has 30 heavy (non-hydrogen) atoms. The van der Waals surface area contributed by atoms with Crippen molar-refractivity contribution < 1.29 is 14.3 Å². The minimum atomic E-state index is -0.238. The molecule has 0 aliphatic rings. The van der Waals surface area contributed by atoms with Crippen LogP contribution in [0.25, 0.3) is 21.9 Å². The van der Waals surface area contributed by atoms with E-state index in [0.29, 0.717) is 13.2 Å². The Kier molecular flexibility index (Phi) is 5.72. The molecule has 1 atom stereocenters. The number of fused-ring (bicyclic) bond motifs is 2. The third kappa shape index (κ3) is 3.76. The Morgan fingerprint density at radius 2 is 1.90 bits per heavy atom. The fraction of sp³-hybridized carbons (Fsp3) is 0.304. The van der Waals surface area contributed by atoms with Gasteiger partial charge in [-0.25, -0.2) is 4.98 Å². The molecule has 0 bridgehead atoms. The van der Waals surface area contributed by atoms with Crippen molar-refractivity contribution in [3.05, 3.63) is 60.6 Å². The number of ether oxygens (including phenoxy) is 2. The lowest BCUT2D eigenvalue weighted by molar-refractivity contribution is -0.122. The highest BCUT2D eigenvalue weighted by Crippen LogP contribution is 2.26. The number of carbonyl (C=O) groups excluding carboxylic acids is 1. The number of imidazole rings is 1. The van der Waals surface area contributed by atoms with Gasteiger partial charge in [-0.3, -0.25) is 4.79 Å². The van der Waals surface area contributed by atoms with Crippen LogP contribution in [0.5, 0.6) is 5.75 Å². The van der Waals surface area contributed by atoms with E-state index in [1.807, 2.05) is 66.2 Å². The second-order valence-electron chi connectivity index (χ2n) is 7.23. The number of benzene rings is 2. The number of nitrogens with zero attached hydrogens (tertiary/aromatic N) is 3. The molecular formula is C23H26N4O3. The van der Waals surface area contributed by atoms with Gasteiger partial charge in [0.2, 0.25) is 5.91 Å². The van der Waals surface area contributed by atoms with Gasteiger partial charge in [0.15, 0.2) is 0 Å². The molecule has 7 heteroatoms. The second kappa shape index (κ2) is 8.59. The maximum absolute atomic E-state index is 12.8. The third-order valence-electron chi connectivity index (χ3n) is 5.28. The van der Waals surface area contributed by atoms with Crippen molar-refractivity contribution in [3.63, 3.8) is 0 Å². The molecule has 1 N–H and O–H groups in total. The molecule has 2 aromatic heterocycles. The molecule has 7 nitrogen and oxygen atoms in total. The number of nitrogens with one attached hydrogen (secondary N) is 1. The van der Waals surface area contributed by atoms with Crippen molar-refractivity contribution in [1.82, 2.24) is 19.4 Å². The standard InChI is InChI=1S/C23H26N4O3/c1-16(23-25-18-7-4-5-8-20(18)27(23)13-14-29-2)24-22(28)15-26-12-11-17-19(26)9-6-10-21(17)30-3/h4-12,16H,13-15H2,1-3H3,(H,24,28)/t16-/m0/s1. The largest absolute Gasteiger partial charge is 0.496 e. The normalized spacial score (nSPS) is 12.4. The summed E-state index contributed by atoms with van der Waals surface area (Å²) in [5, 5.41) is 4.08. The molecule has 156 valence electrons. The summed E-state index contributed by atoms with van der Waals surface area (Å²) in [4.78, 5) is 17.6. The van der Waals surface area contributed by atoms with Gasteiger partial charge >= 0.3 is 0 Å². The van der Waals surface area contributed by atoms with Crippen LogP contribution < -0.4 is 10.1 Å². The van der Waals surface area contributed by atoms with Crippen molar-refractivity contribution in [3.8, 4) is 5.75 Å². The molecule has 0 saturated carbocycles. The highest BCUT2D eigenvalue weighted by molar-refractivity contribution is 5.88. The van der Waals surface area contributed by atoms with Crippen LogP contribution in [0.2, 0.25) is 0 Å². The van der Waals surface area contributed by atoms with Gasteiger partial charge in [-0.1, -0.05) is 18.2 Å². The highest BCUT2D eigenvalue weighted by atomic mass is 16.5. The van der Waals surface area contributed by atoms with E-state index in [9.17, 15) is 4.79 Å². The van der Waals surface area contributed by atoms with Gasteiger partial charge in [0.05, 0.1) is 36.3 Å². The average Bonchev–Trinajstić information content (AvgIpc) is 3.33. The summed E-state index contributed by atoms with van der Waals surface area (Å²) in [5.74, 6) is 1.54. The number of aromatic nitrogens is 3.